The molecule has 4 aromatic rings. The van der Waals surface area contributed by atoms with E-state index >= 15 is 0 Å². The van der Waals surface area contributed by atoms with Crippen LogP contribution in [-0.2, 0) is 0 Å². The predicted molar refractivity (Wildman–Crippen MR) is 89.1 cm³/mol. The van der Waals surface area contributed by atoms with Gasteiger partial charge in [-0.1, -0.05) is 0 Å². The van der Waals surface area contributed by atoms with Crippen molar-refractivity contribution in [3.63, 3.8) is 0 Å². The number of aromatic nitrogens is 4. The van der Waals surface area contributed by atoms with Crippen molar-refractivity contribution < 1.29 is 13.9 Å². The van der Waals surface area contributed by atoms with E-state index in [9.17, 15) is 0 Å². The van der Waals surface area contributed by atoms with Gasteiger partial charge in [-0.2, -0.15) is 9.50 Å². The molecule has 0 fully saturated rings. The Hall–Kier alpha value is -3.55. The molecular formula is C17H13N5O3. The number of aryl methyl sites for hydroxylation is 1. The van der Waals surface area contributed by atoms with Crippen LogP contribution in [0.4, 0.5) is 11.5 Å². The predicted octanol–water partition coefficient (Wildman–Crippen LogP) is 3.17. The number of benzene rings is 1. The quantitative estimate of drug-likeness (QED) is 0.615. The minimum absolute atomic E-state index is 0.243. The summed E-state index contributed by atoms with van der Waals surface area (Å²) < 4.78 is 17.8. The van der Waals surface area contributed by atoms with Gasteiger partial charge in [-0.15, -0.1) is 5.10 Å². The normalized spacial score (nSPS) is 12.7. The van der Waals surface area contributed by atoms with Gasteiger partial charge in [-0.25, -0.2) is 4.98 Å². The van der Waals surface area contributed by atoms with Crippen molar-refractivity contribution in [3.8, 4) is 23.1 Å². The van der Waals surface area contributed by atoms with Crippen molar-refractivity contribution in [1.29, 1.82) is 0 Å². The summed E-state index contributed by atoms with van der Waals surface area (Å²) in [5.41, 5.74) is 1.68. The minimum Gasteiger partial charge on any atom is -0.461 e. The zero-order chi connectivity index (χ0) is 16.8. The lowest BCUT2D eigenvalue weighted by Gasteiger charge is -2.09. The molecule has 25 heavy (non-hydrogen) atoms. The van der Waals surface area contributed by atoms with E-state index in [0.717, 1.165) is 22.9 Å². The topological polar surface area (TPSA) is 86.7 Å². The van der Waals surface area contributed by atoms with E-state index in [2.05, 4.69) is 20.4 Å². The van der Waals surface area contributed by atoms with Crippen molar-refractivity contribution in [3.05, 3.63) is 48.4 Å². The summed E-state index contributed by atoms with van der Waals surface area (Å²) in [5.74, 6) is 3.76. The molecule has 0 saturated heterocycles. The van der Waals surface area contributed by atoms with Crippen LogP contribution in [0.25, 0.3) is 17.4 Å². The highest BCUT2D eigenvalue weighted by Gasteiger charge is 2.16. The molecule has 0 aliphatic carbocycles. The first-order valence-electron chi connectivity index (χ1n) is 7.71. The molecule has 1 aliphatic heterocycles. The molecule has 8 heteroatoms. The zero-order valence-corrected chi connectivity index (χ0v) is 13.3. The van der Waals surface area contributed by atoms with Gasteiger partial charge >= 0.3 is 0 Å². The summed E-state index contributed by atoms with van der Waals surface area (Å²) in [6.07, 6.45) is 1.59. The Morgan fingerprint density at radius 3 is 2.88 bits per heavy atom. The summed E-state index contributed by atoms with van der Waals surface area (Å²) in [5, 5.41) is 7.83. The summed E-state index contributed by atoms with van der Waals surface area (Å²) in [6.45, 7) is 2.15. The smallest absolute Gasteiger partial charge is 0.255 e. The lowest BCUT2D eigenvalue weighted by Crippen LogP contribution is -2.02. The average molecular weight is 335 g/mol. The van der Waals surface area contributed by atoms with Gasteiger partial charge in [-0.05, 0) is 31.2 Å². The SMILES string of the molecule is Cc1cc(Nc2ccc3c(c2)OCO3)n2nc(-c3ccco3)nc2n1. The molecule has 0 spiro atoms. The largest absolute Gasteiger partial charge is 0.461 e. The third-order valence-corrected chi connectivity index (χ3v) is 3.83. The Labute approximate surface area is 142 Å². The molecule has 1 aliphatic rings. The van der Waals surface area contributed by atoms with Gasteiger partial charge in [0.25, 0.3) is 5.78 Å². The number of hydrogen-bond donors (Lipinski definition) is 1. The van der Waals surface area contributed by atoms with E-state index in [1.54, 1.807) is 16.8 Å². The highest BCUT2D eigenvalue weighted by Crippen LogP contribution is 2.35. The molecule has 0 amide bonds. The number of furan rings is 1. The standard InChI is InChI=1S/C17H13N5O3/c1-10-7-15(19-11-4-5-12-14(8-11)25-9-24-12)22-17(18-10)20-16(21-22)13-3-2-6-23-13/h2-8,19H,9H2,1H3. The van der Waals surface area contributed by atoms with Gasteiger partial charge in [-0.3, -0.25) is 0 Å². The van der Waals surface area contributed by atoms with Crippen LogP contribution < -0.4 is 14.8 Å². The Bertz CT molecular complexity index is 1070. The fraction of sp³-hybridized carbons (Fsp3) is 0.118. The molecule has 0 radical (unpaired) electrons. The molecule has 4 heterocycles. The van der Waals surface area contributed by atoms with Gasteiger partial charge in [0.15, 0.2) is 17.3 Å². The van der Waals surface area contributed by atoms with Gasteiger partial charge < -0.3 is 19.2 Å². The maximum Gasteiger partial charge on any atom is 0.255 e. The van der Waals surface area contributed by atoms with Crippen LogP contribution in [0.2, 0.25) is 0 Å². The molecule has 0 saturated carbocycles. The van der Waals surface area contributed by atoms with Crippen LogP contribution in [0.5, 0.6) is 11.5 Å². The highest BCUT2D eigenvalue weighted by molar-refractivity contribution is 5.64. The van der Waals surface area contributed by atoms with Crippen LogP contribution >= 0.6 is 0 Å². The average Bonchev–Trinajstić information content (AvgIpc) is 3.34. The van der Waals surface area contributed by atoms with Crippen molar-refractivity contribution in [1.82, 2.24) is 19.6 Å². The molecule has 3 aromatic heterocycles. The van der Waals surface area contributed by atoms with E-state index in [0.29, 0.717) is 23.1 Å². The fourth-order valence-corrected chi connectivity index (χ4v) is 2.71. The summed E-state index contributed by atoms with van der Waals surface area (Å²) in [7, 11) is 0. The van der Waals surface area contributed by atoms with Crippen LogP contribution in [0.15, 0.2) is 47.1 Å². The van der Waals surface area contributed by atoms with Crippen molar-refractivity contribution >= 4 is 17.3 Å². The molecule has 1 aromatic carbocycles. The fourth-order valence-electron chi connectivity index (χ4n) is 2.71. The second-order valence-corrected chi connectivity index (χ2v) is 5.60. The summed E-state index contributed by atoms with van der Waals surface area (Å²) in [6, 6.07) is 11.2. The van der Waals surface area contributed by atoms with E-state index in [4.69, 9.17) is 13.9 Å². The van der Waals surface area contributed by atoms with Crippen molar-refractivity contribution in [2.45, 2.75) is 6.92 Å². The van der Waals surface area contributed by atoms with Crippen molar-refractivity contribution in [2.24, 2.45) is 0 Å². The molecule has 0 bridgehead atoms. The molecule has 0 unspecified atom stereocenters. The Balaban J connectivity index is 1.58. The molecular weight excluding hydrogens is 322 g/mol. The van der Waals surface area contributed by atoms with Gasteiger partial charge in [0.1, 0.15) is 5.82 Å². The maximum atomic E-state index is 5.42. The highest BCUT2D eigenvalue weighted by atomic mass is 16.7. The Morgan fingerprint density at radius 1 is 1.08 bits per heavy atom. The summed E-state index contributed by atoms with van der Waals surface area (Å²) in [4.78, 5) is 8.87. The number of fused-ring (bicyclic) bond motifs is 2. The van der Waals surface area contributed by atoms with E-state index in [1.165, 1.54) is 0 Å². The number of hydrogen-bond acceptors (Lipinski definition) is 7. The van der Waals surface area contributed by atoms with Crippen molar-refractivity contribution in [2.75, 3.05) is 12.1 Å². The Morgan fingerprint density at radius 2 is 2.00 bits per heavy atom. The minimum atomic E-state index is 0.243. The summed E-state index contributed by atoms with van der Waals surface area (Å²) >= 11 is 0. The molecule has 124 valence electrons. The van der Waals surface area contributed by atoms with E-state index in [-0.39, 0.29) is 6.79 Å². The molecule has 5 rings (SSSR count). The maximum absolute atomic E-state index is 5.42. The monoisotopic (exact) mass is 335 g/mol. The van der Waals surface area contributed by atoms with Gasteiger partial charge in [0.2, 0.25) is 12.6 Å². The molecule has 1 N–H and O–H groups in total. The second-order valence-electron chi connectivity index (χ2n) is 5.60. The third-order valence-electron chi connectivity index (χ3n) is 3.83. The van der Waals surface area contributed by atoms with Crippen LogP contribution in [-0.4, -0.2) is 26.4 Å². The lowest BCUT2D eigenvalue weighted by atomic mass is 10.2. The third kappa shape index (κ3) is 2.35. The van der Waals surface area contributed by atoms with Gasteiger partial charge in [0.05, 0.1) is 6.26 Å². The van der Waals surface area contributed by atoms with Crippen LogP contribution in [0.1, 0.15) is 5.69 Å². The number of nitrogens with one attached hydrogen (secondary N) is 1. The second kappa shape index (κ2) is 5.23. The van der Waals surface area contributed by atoms with Crippen LogP contribution in [0.3, 0.4) is 0 Å². The first-order chi connectivity index (χ1) is 12.3. The van der Waals surface area contributed by atoms with Crippen LogP contribution in [0, 0.1) is 6.92 Å². The first kappa shape index (κ1) is 13.8. The van der Waals surface area contributed by atoms with Gasteiger partial charge in [0, 0.05) is 23.5 Å². The Kier molecular flexibility index (Phi) is 2.90. The van der Waals surface area contributed by atoms with E-state index in [1.807, 2.05) is 37.3 Å². The molecule has 0 atom stereocenters. The number of rotatable bonds is 3. The number of ether oxygens (including phenoxy) is 2. The number of nitrogens with zero attached hydrogens (tertiary/aromatic N) is 4. The molecule has 8 nitrogen and oxygen atoms in total. The zero-order valence-electron chi connectivity index (χ0n) is 13.3. The lowest BCUT2D eigenvalue weighted by molar-refractivity contribution is 0.174. The first-order valence-corrected chi connectivity index (χ1v) is 7.71. The number of anilines is 2. The van der Waals surface area contributed by atoms with E-state index < -0.39 is 0 Å².